The zero-order valence-electron chi connectivity index (χ0n) is 18.5. The SMILES string of the molecule is CN1CCC(C(=O)N2CCC3(CC2)C[C@@H]([C@H]2c4ccccc4-c4cncn42)[C@H]3O)CC1=O. The van der Waals surface area contributed by atoms with Gasteiger partial charge in [0, 0.05) is 55.9 Å². The lowest BCUT2D eigenvalue weighted by molar-refractivity contribution is -0.167. The summed E-state index contributed by atoms with van der Waals surface area (Å²) in [7, 11) is 1.80. The molecule has 6 rings (SSSR count). The minimum absolute atomic E-state index is 0.0658. The summed E-state index contributed by atoms with van der Waals surface area (Å²) in [5.74, 6) is 0.178. The second-order valence-corrected chi connectivity index (χ2v) is 10.2. The van der Waals surface area contributed by atoms with Gasteiger partial charge in [0.2, 0.25) is 11.8 Å². The number of likely N-dealkylation sites (tertiary alicyclic amines) is 2. The normalized spacial score (nSPS) is 30.8. The molecule has 1 aromatic carbocycles. The van der Waals surface area contributed by atoms with Crippen LogP contribution in [0.25, 0.3) is 11.3 Å². The van der Waals surface area contributed by atoms with Gasteiger partial charge in [0.15, 0.2) is 0 Å². The molecular formula is C25H30N4O3. The molecule has 1 unspecified atom stereocenters. The van der Waals surface area contributed by atoms with Crippen LogP contribution in [-0.2, 0) is 9.59 Å². The number of benzene rings is 1. The van der Waals surface area contributed by atoms with E-state index in [1.165, 1.54) is 11.1 Å². The van der Waals surface area contributed by atoms with E-state index in [9.17, 15) is 14.7 Å². The number of carbonyl (C=O) groups excluding carboxylic acids is 2. The van der Waals surface area contributed by atoms with E-state index in [0.717, 1.165) is 31.4 Å². The Balaban J connectivity index is 1.13. The van der Waals surface area contributed by atoms with Crippen molar-refractivity contribution in [2.24, 2.45) is 17.3 Å². The predicted octanol–water partition coefficient (Wildman–Crippen LogP) is 2.31. The molecule has 4 heterocycles. The summed E-state index contributed by atoms with van der Waals surface area (Å²) in [5.41, 5.74) is 3.54. The highest BCUT2D eigenvalue weighted by Gasteiger charge is 2.58. The van der Waals surface area contributed by atoms with Crippen LogP contribution in [0.15, 0.2) is 36.8 Å². The average Bonchev–Trinajstić information content (AvgIpc) is 3.40. The molecule has 1 aromatic heterocycles. The van der Waals surface area contributed by atoms with E-state index in [2.05, 4.69) is 33.8 Å². The van der Waals surface area contributed by atoms with Crippen LogP contribution in [0, 0.1) is 17.3 Å². The second kappa shape index (κ2) is 7.17. The first kappa shape index (κ1) is 20.0. The van der Waals surface area contributed by atoms with E-state index in [-0.39, 0.29) is 41.2 Å². The Morgan fingerprint density at radius 2 is 1.97 bits per heavy atom. The molecule has 7 heteroatoms. The Morgan fingerprint density at radius 1 is 1.19 bits per heavy atom. The molecular weight excluding hydrogens is 404 g/mol. The van der Waals surface area contributed by atoms with Gasteiger partial charge in [-0.1, -0.05) is 24.3 Å². The zero-order valence-corrected chi connectivity index (χ0v) is 18.5. The molecule has 3 fully saturated rings. The third kappa shape index (κ3) is 2.80. The Hall–Kier alpha value is -2.67. The number of fused-ring (bicyclic) bond motifs is 3. The van der Waals surface area contributed by atoms with Crippen molar-refractivity contribution >= 4 is 11.8 Å². The molecule has 0 radical (unpaired) electrons. The van der Waals surface area contributed by atoms with Crippen molar-refractivity contribution in [1.29, 1.82) is 0 Å². The third-order valence-electron chi connectivity index (χ3n) is 8.68. The summed E-state index contributed by atoms with van der Waals surface area (Å²) in [6, 6.07) is 8.58. The van der Waals surface area contributed by atoms with Gasteiger partial charge < -0.3 is 19.5 Å². The average molecular weight is 435 g/mol. The zero-order chi connectivity index (χ0) is 22.0. The number of aliphatic hydroxyl groups excluding tert-OH is 1. The van der Waals surface area contributed by atoms with Crippen LogP contribution in [0.1, 0.15) is 43.7 Å². The first-order chi connectivity index (χ1) is 15.5. The van der Waals surface area contributed by atoms with Crippen molar-refractivity contribution in [3.63, 3.8) is 0 Å². The Labute approximate surface area is 188 Å². The van der Waals surface area contributed by atoms with Crippen LogP contribution in [0.5, 0.6) is 0 Å². The maximum Gasteiger partial charge on any atom is 0.226 e. The minimum Gasteiger partial charge on any atom is -0.392 e. The molecule has 4 atom stereocenters. The van der Waals surface area contributed by atoms with Gasteiger partial charge in [-0.15, -0.1) is 0 Å². The van der Waals surface area contributed by atoms with E-state index in [1.54, 1.807) is 11.9 Å². The highest BCUT2D eigenvalue weighted by Crippen LogP contribution is 2.59. The monoisotopic (exact) mass is 434 g/mol. The molecule has 1 saturated carbocycles. The van der Waals surface area contributed by atoms with E-state index >= 15 is 0 Å². The van der Waals surface area contributed by atoms with Gasteiger partial charge in [0.25, 0.3) is 0 Å². The molecule has 7 nitrogen and oxygen atoms in total. The molecule has 1 aliphatic carbocycles. The van der Waals surface area contributed by atoms with Crippen molar-refractivity contribution in [3.05, 3.63) is 42.4 Å². The number of amides is 2. The molecule has 2 saturated heterocycles. The van der Waals surface area contributed by atoms with Gasteiger partial charge in [-0.3, -0.25) is 9.59 Å². The van der Waals surface area contributed by atoms with Gasteiger partial charge in [-0.05, 0) is 31.2 Å². The fraction of sp³-hybridized carbons (Fsp3) is 0.560. The molecule has 1 N–H and O–H groups in total. The molecule has 1 spiro atoms. The Kier molecular flexibility index (Phi) is 4.47. The van der Waals surface area contributed by atoms with Crippen LogP contribution in [0.2, 0.25) is 0 Å². The van der Waals surface area contributed by atoms with Crippen LogP contribution in [0.4, 0.5) is 0 Å². The highest BCUT2D eigenvalue weighted by molar-refractivity contribution is 5.87. The van der Waals surface area contributed by atoms with Crippen LogP contribution in [0.3, 0.4) is 0 Å². The standard InChI is InChI=1S/C25H30N4O3/c1-27-9-6-16(12-21(27)30)24(32)28-10-7-25(8-11-28)13-19(23(25)31)22-18-5-3-2-4-17(18)20-14-26-15-29(20)22/h2-5,14-16,19,22-23,31H,6-13H2,1H3/t16?,19-,22+,23+/m0/s1. The van der Waals surface area contributed by atoms with Gasteiger partial charge in [-0.25, -0.2) is 4.98 Å². The van der Waals surface area contributed by atoms with E-state index in [1.807, 2.05) is 17.4 Å². The van der Waals surface area contributed by atoms with Crippen molar-refractivity contribution in [2.75, 3.05) is 26.7 Å². The number of imidazole rings is 1. The first-order valence-electron chi connectivity index (χ1n) is 11.8. The molecule has 4 aliphatic rings. The topological polar surface area (TPSA) is 78.7 Å². The molecule has 3 aliphatic heterocycles. The van der Waals surface area contributed by atoms with Gasteiger partial charge in [-0.2, -0.15) is 0 Å². The van der Waals surface area contributed by atoms with Crippen LogP contribution < -0.4 is 0 Å². The fourth-order valence-electron chi connectivity index (χ4n) is 6.67. The van der Waals surface area contributed by atoms with Gasteiger partial charge in [0.1, 0.15) is 0 Å². The maximum atomic E-state index is 13.0. The number of piperidine rings is 2. The highest BCUT2D eigenvalue weighted by atomic mass is 16.3. The smallest absolute Gasteiger partial charge is 0.226 e. The van der Waals surface area contributed by atoms with Crippen molar-refractivity contribution in [3.8, 4) is 11.3 Å². The van der Waals surface area contributed by atoms with Crippen LogP contribution in [-0.4, -0.2) is 69.1 Å². The number of aromatic nitrogens is 2. The summed E-state index contributed by atoms with van der Waals surface area (Å²) in [6.45, 7) is 2.02. The number of aliphatic hydroxyl groups is 1. The molecule has 0 bridgehead atoms. The minimum atomic E-state index is -0.379. The summed E-state index contributed by atoms with van der Waals surface area (Å²) < 4.78 is 2.22. The summed E-state index contributed by atoms with van der Waals surface area (Å²) in [5, 5.41) is 11.4. The maximum absolute atomic E-state index is 13.0. The summed E-state index contributed by atoms with van der Waals surface area (Å²) in [4.78, 5) is 33.0. The second-order valence-electron chi connectivity index (χ2n) is 10.2. The number of carbonyl (C=O) groups is 2. The van der Waals surface area contributed by atoms with E-state index < -0.39 is 0 Å². The lowest BCUT2D eigenvalue weighted by Crippen LogP contribution is -2.60. The van der Waals surface area contributed by atoms with Crippen molar-refractivity contribution in [2.45, 2.75) is 44.2 Å². The van der Waals surface area contributed by atoms with E-state index in [0.29, 0.717) is 26.1 Å². The molecule has 2 amide bonds. The lowest BCUT2D eigenvalue weighted by atomic mass is 9.53. The number of hydrogen-bond donors (Lipinski definition) is 1. The summed E-state index contributed by atoms with van der Waals surface area (Å²) >= 11 is 0. The number of hydrogen-bond acceptors (Lipinski definition) is 4. The van der Waals surface area contributed by atoms with Crippen molar-refractivity contribution in [1.82, 2.24) is 19.4 Å². The van der Waals surface area contributed by atoms with Gasteiger partial charge in [0.05, 0.1) is 30.4 Å². The third-order valence-corrected chi connectivity index (χ3v) is 8.68. The molecule has 168 valence electrons. The largest absolute Gasteiger partial charge is 0.392 e. The van der Waals surface area contributed by atoms with E-state index in [4.69, 9.17) is 0 Å². The molecule has 32 heavy (non-hydrogen) atoms. The summed E-state index contributed by atoms with van der Waals surface area (Å²) in [6.07, 6.45) is 7.15. The van der Waals surface area contributed by atoms with Crippen molar-refractivity contribution < 1.29 is 14.7 Å². The Bertz CT molecular complexity index is 1070. The number of rotatable bonds is 2. The lowest BCUT2D eigenvalue weighted by Gasteiger charge is -2.58. The molecule has 2 aromatic rings. The van der Waals surface area contributed by atoms with Gasteiger partial charge >= 0.3 is 0 Å². The Morgan fingerprint density at radius 3 is 2.72 bits per heavy atom. The predicted molar refractivity (Wildman–Crippen MR) is 119 cm³/mol. The van der Waals surface area contributed by atoms with Crippen LogP contribution >= 0.6 is 0 Å². The fourth-order valence-corrected chi connectivity index (χ4v) is 6.67. The quantitative estimate of drug-likeness (QED) is 0.787. The number of nitrogens with zero attached hydrogens (tertiary/aromatic N) is 4. The first-order valence-corrected chi connectivity index (χ1v) is 11.8.